The number of fused-ring (bicyclic) bond motifs is 1. The van der Waals surface area contributed by atoms with Crippen LogP contribution < -0.4 is 0 Å². The molecule has 0 aliphatic carbocycles. The zero-order chi connectivity index (χ0) is 17.5. The van der Waals surface area contributed by atoms with Gasteiger partial charge in [0.05, 0.1) is 0 Å². The summed E-state index contributed by atoms with van der Waals surface area (Å²) in [5.74, 6) is -2.31. The maximum absolute atomic E-state index is 13.7. The van der Waals surface area contributed by atoms with Crippen LogP contribution in [-0.2, 0) is 0 Å². The highest BCUT2D eigenvalue weighted by Crippen LogP contribution is 2.40. The topological polar surface area (TPSA) is 42.2 Å². The van der Waals surface area contributed by atoms with Crippen molar-refractivity contribution in [3.8, 4) is 0 Å². The number of carboxylic acids is 1. The first-order valence-electron chi connectivity index (χ1n) is 6.94. The summed E-state index contributed by atoms with van der Waals surface area (Å²) in [4.78, 5) is 11.5. The van der Waals surface area contributed by atoms with Gasteiger partial charge in [0, 0.05) is 10.9 Å². The van der Waals surface area contributed by atoms with Gasteiger partial charge >= 0.3 is 12.1 Å². The number of halogens is 4. The minimum Gasteiger partial charge on any atom is -0.477 e. The molecule has 0 spiro atoms. The van der Waals surface area contributed by atoms with Crippen LogP contribution in [-0.4, -0.2) is 21.8 Å². The average molecular weight is 337 g/mol. The summed E-state index contributed by atoms with van der Waals surface area (Å²) < 4.78 is 55.3. The van der Waals surface area contributed by atoms with Gasteiger partial charge in [-0.15, -0.1) is 0 Å². The van der Waals surface area contributed by atoms with Gasteiger partial charge in [-0.1, -0.05) is 30.3 Å². The van der Waals surface area contributed by atoms with Gasteiger partial charge in [0.15, 0.2) is 6.04 Å². The van der Waals surface area contributed by atoms with Crippen LogP contribution in [0.2, 0.25) is 0 Å². The van der Waals surface area contributed by atoms with Crippen LogP contribution in [0.4, 0.5) is 17.6 Å². The van der Waals surface area contributed by atoms with Gasteiger partial charge in [-0.3, -0.25) is 0 Å². The van der Waals surface area contributed by atoms with E-state index in [2.05, 4.69) is 0 Å². The van der Waals surface area contributed by atoms with Crippen molar-refractivity contribution in [1.29, 1.82) is 0 Å². The van der Waals surface area contributed by atoms with Crippen LogP contribution in [0.1, 0.15) is 22.1 Å². The van der Waals surface area contributed by atoms with E-state index in [9.17, 15) is 27.5 Å². The van der Waals surface area contributed by atoms with Gasteiger partial charge in [-0.05, 0) is 29.8 Å². The molecule has 0 saturated carbocycles. The molecule has 0 fully saturated rings. The van der Waals surface area contributed by atoms with Crippen molar-refractivity contribution >= 4 is 16.9 Å². The number of benzene rings is 2. The Bertz CT molecular complexity index is 914. The Kier molecular flexibility index (Phi) is 3.79. The Balaban J connectivity index is 2.35. The van der Waals surface area contributed by atoms with E-state index in [0.717, 1.165) is 24.3 Å². The van der Waals surface area contributed by atoms with Crippen LogP contribution >= 0.6 is 0 Å². The van der Waals surface area contributed by atoms with Crippen molar-refractivity contribution in [2.75, 3.05) is 0 Å². The maximum atomic E-state index is 13.7. The van der Waals surface area contributed by atoms with Crippen LogP contribution in [0.3, 0.4) is 0 Å². The van der Waals surface area contributed by atoms with Crippen LogP contribution in [0.5, 0.6) is 0 Å². The molecular weight excluding hydrogens is 326 g/mol. The molecule has 0 amide bonds. The van der Waals surface area contributed by atoms with Gasteiger partial charge in [0.2, 0.25) is 0 Å². The number of hydrogen-bond donors (Lipinski definition) is 1. The first-order valence-corrected chi connectivity index (χ1v) is 6.94. The molecule has 0 aliphatic heterocycles. The van der Waals surface area contributed by atoms with Crippen molar-refractivity contribution in [1.82, 2.24) is 4.57 Å². The van der Waals surface area contributed by atoms with Gasteiger partial charge < -0.3 is 9.67 Å². The van der Waals surface area contributed by atoms with E-state index in [1.165, 1.54) is 24.3 Å². The molecule has 0 saturated heterocycles. The Hall–Kier alpha value is -2.83. The number of rotatable bonds is 3. The predicted octanol–water partition coefficient (Wildman–Crippen LogP) is 4.63. The number of hydrogen-bond acceptors (Lipinski definition) is 1. The van der Waals surface area contributed by atoms with Crippen molar-refractivity contribution in [3.05, 3.63) is 71.7 Å². The third kappa shape index (κ3) is 2.73. The first kappa shape index (κ1) is 16.0. The van der Waals surface area contributed by atoms with E-state index >= 15 is 0 Å². The van der Waals surface area contributed by atoms with Crippen molar-refractivity contribution in [3.63, 3.8) is 0 Å². The van der Waals surface area contributed by atoms with Crippen molar-refractivity contribution < 1.29 is 27.5 Å². The summed E-state index contributed by atoms with van der Waals surface area (Å²) in [6.45, 7) is 0. The van der Waals surface area contributed by atoms with Gasteiger partial charge in [-0.25, -0.2) is 9.18 Å². The average Bonchev–Trinajstić information content (AvgIpc) is 2.86. The molecule has 1 N–H and O–H groups in total. The summed E-state index contributed by atoms with van der Waals surface area (Å²) in [5, 5.41) is 9.68. The summed E-state index contributed by atoms with van der Waals surface area (Å²) >= 11 is 0. The molecule has 3 nitrogen and oxygen atoms in total. The molecule has 3 aromatic rings. The summed E-state index contributed by atoms with van der Waals surface area (Å²) in [5.41, 5.74) is -0.768. The lowest BCUT2D eigenvalue weighted by atomic mass is 10.1. The lowest BCUT2D eigenvalue weighted by molar-refractivity contribution is -0.156. The lowest BCUT2D eigenvalue weighted by Gasteiger charge is -2.25. The van der Waals surface area contributed by atoms with Crippen molar-refractivity contribution in [2.45, 2.75) is 12.2 Å². The molecule has 1 aromatic heterocycles. The summed E-state index contributed by atoms with van der Waals surface area (Å²) in [6, 6.07) is 9.00. The second kappa shape index (κ2) is 5.67. The molecule has 1 atom stereocenters. The molecule has 7 heteroatoms. The third-order valence-electron chi connectivity index (χ3n) is 3.70. The number of carboxylic acid groups (broad SMARTS) is 1. The Labute approximate surface area is 133 Å². The minimum absolute atomic E-state index is 0.112. The second-order valence-electron chi connectivity index (χ2n) is 5.26. The zero-order valence-electron chi connectivity index (χ0n) is 12.1. The molecule has 2 aromatic carbocycles. The fraction of sp³-hybridized carbons (Fsp3) is 0.118. The fourth-order valence-corrected chi connectivity index (χ4v) is 2.78. The smallest absolute Gasteiger partial charge is 0.413 e. The van der Waals surface area contributed by atoms with E-state index in [-0.39, 0.29) is 11.1 Å². The third-order valence-corrected chi connectivity index (χ3v) is 3.70. The summed E-state index contributed by atoms with van der Waals surface area (Å²) in [7, 11) is 0. The Morgan fingerprint density at radius 2 is 1.75 bits per heavy atom. The number of alkyl halides is 3. The maximum Gasteiger partial charge on any atom is 0.413 e. The van der Waals surface area contributed by atoms with Gasteiger partial charge in [0.1, 0.15) is 11.5 Å². The molecule has 0 radical (unpaired) electrons. The van der Waals surface area contributed by atoms with Crippen molar-refractivity contribution in [2.24, 2.45) is 0 Å². The monoisotopic (exact) mass is 337 g/mol. The van der Waals surface area contributed by atoms with Gasteiger partial charge in [-0.2, -0.15) is 13.2 Å². The Morgan fingerprint density at radius 1 is 1.04 bits per heavy atom. The first-order chi connectivity index (χ1) is 11.3. The zero-order valence-corrected chi connectivity index (χ0v) is 12.1. The fourth-order valence-electron chi connectivity index (χ4n) is 2.78. The molecule has 0 aliphatic rings. The largest absolute Gasteiger partial charge is 0.477 e. The number of carbonyl (C=O) groups is 1. The molecule has 0 bridgehead atoms. The predicted molar refractivity (Wildman–Crippen MR) is 79.5 cm³/mol. The normalized spacial score (nSPS) is 13.2. The number of nitrogens with zero attached hydrogens (tertiary/aromatic N) is 1. The molecule has 1 heterocycles. The molecular formula is C17H11F4NO2. The molecule has 124 valence electrons. The lowest BCUT2D eigenvalue weighted by Crippen LogP contribution is -2.29. The molecule has 1 unspecified atom stereocenters. The molecule has 24 heavy (non-hydrogen) atoms. The van der Waals surface area contributed by atoms with E-state index < -0.39 is 29.7 Å². The number of aromatic carboxylic acids is 1. The molecule has 3 rings (SSSR count). The Morgan fingerprint density at radius 3 is 2.38 bits per heavy atom. The van der Waals surface area contributed by atoms with E-state index in [4.69, 9.17) is 0 Å². The SMILES string of the molecule is O=C(O)c1cc2ccccc2n1C(c1cccc(F)c1)C(F)(F)F. The van der Waals surface area contributed by atoms with Crippen LogP contribution in [0, 0.1) is 5.82 Å². The summed E-state index contributed by atoms with van der Waals surface area (Å²) in [6.07, 6.45) is -4.81. The highest BCUT2D eigenvalue weighted by Gasteiger charge is 2.44. The quantitative estimate of drug-likeness (QED) is 0.708. The van der Waals surface area contributed by atoms with E-state index in [0.29, 0.717) is 9.95 Å². The van der Waals surface area contributed by atoms with Crippen LogP contribution in [0.15, 0.2) is 54.6 Å². The van der Waals surface area contributed by atoms with Gasteiger partial charge in [0.25, 0.3) is 0 Å². The van der Waals surface area contributed by atoms with Crippen LogP contribution in [0.25, 0.3) is 10.9 Å². The minimum atomic E-state index is -4.81. The number of para-hydroxylation sites is 1. The number of aromatic nitrogens is 1. The van der Waals surface area contributed by atoms with E-state index in [1.807, 2.05) is 0 Å². The van der Waals surface area contributed by atoms with E-state index in [1.54, 1.807) is 6.07 Å². The highest BCUT2D eigenvalue weighted by atomic mass is 19.4. The second-order valence-corrected chi connectivity index (χ2v) is 5.26. The highest BCUT2D eigenvalue weighted by molar-refractivity contribution is 5.94. The standard InChI is InChI=1S/C17H11F4NO2/c18-12-6-3-5-11(8-12)15(17(19,20)21)22-13-7-2-1-4-10(13)9-14(22)16(23)24/h1-9,15H,(H,23,24).